The first-order valence-electron chi connectivity index (χ1n) is 10.7. The van der Waals surface area contributed by atoms with Gasteiger partial charge in [0.05, 0.1) is 31.9 Å². The minimum Gasteiger partial charge on any atom is -0.497 e. The van der Waals surface area contributed by atoms with Crippen molar-refractivity contribution in [3.8, 4) is 11.5 Å². The summed E-state index contributed by atoms with van der Waals surface area (Å²) in [7, 11) is -0.851. The average Bonchev–Trinajstić information content (AvgIpc) is 2.87. The van der Waals surface area contributed by atoms with Crippen molar-refractivity contribution >= 4 is 38.1 Å². The van der Waals surface area contributed by atoms with E-state index in [1.165, 1.54) is 25.5 Å². The number of hydrogen-bond acceptors (Lipinski definition) is 6. The maximum atomic E-state index is 13.3. The lowest BCUT2D eigenvalue weighted by molar-refractivity contribution is -0.121. The van der Waals surface area contributed by atoms with Crippen molar-refractivity contribution in [3.05, 3.63) is 88.4 Å². The van der Waals surface area contributed by atoms with E-state index in [9.17, 15) is 13.2 Å². The summed E-state index contributed by atoms with van der Waals surface area (Å²) in [5.74, 6) is 0.578. The van der Waals surface area contributed by atoms with Crippen LogP contribution in [0.4, 0.5) is 0 Å². The largest absolute Gasteiger partial charge is 0.497 e. The van der Waals surface area contributed by atoms with Crippen LogP contribution in [0, 0.1) is 0 Å². The lowest BCUT2D eigenvalue weighted by atomic mass is 10.1. The van der Waals surface area contributed by atoms with E-state index in [1.807, 2.05) is 30.3 Å². The van der Waals surface area contributed by atoms with E-state index in [-0.39, 0.29) is 11.4 Å². The second kappa shape index (κ2) is 12.5. The Hall–Kier alpha value is -3.21. The fourth-order valence-corrected chi connectivity index (χ4v) is 4.91. The minimum absolute atomic E-state index is 0.103. The molecule has 1 N–H and O–H groups in total. The number of methoxy groups -OCH3 is 2. The number of nitrogens with one attached hydrogen (secondary N) is 1. The Kier molecular flexibility index (Phi) is 9.41. The van der Waals surface area contributed by atoms with Crippen LogP contribution in [-0.4, -0.2) is 52.2 Å². The third-order valence-electron chi connectivity index (χ3n) is 5.09. The van der Waals surface area contributed by atoms with Gasteiger partial charge in [-0.1, -0.05) is 46.3 Å². The van der Waals surface area contributed by atoms with Crippen molar-refractivity contribution in [2.45, 2.75) is 11.3 Å². The van der Waals surface area contributed by atoms with Gasteiger partial charge in [-0.25, -0.2) is 13.8 Å². The molecule has 0 fully saturated rings. The van der Waals surface area contributed by atoms with Crippen molar-refractivity contribution in [3.63, 3.8) is 0 Å². The Morgan fingerprint density at radius 3 is 2.40 bits per heavy atom. The fraction of sp³-hybridized carbons (Fsp3) is 0.200. The number of ether oxygens (including phenoxy) is 2. The van der Waals surface area contributed by atoms with Gasteiger partial charge in [-0.2, -0.15) is 9.41 Å². The van der Waals surface area contributed by atoms with E-state index in [0.29, 0.717) is 23.5 Å². The molecule has 8 nitrogen and oxygen atoms in total. The molecular formula is C25H26BrN3O5S. The van der Waals surface area contributed by atoms with Crippen LogP contribution in [0.3, 0.4) is 0 Å². The summed E-state index contributed by atoms with van der Waals surface area (Å²) in [6, 6.07) is 21.0. The van der Waals surface area contributed by atoms with Gasteiger partial charge in [0.25, 0.3) is 5.91 Å². The van der Waals surface area contributed by atoms with E-state index in [0.717, 1.165) is 14.3 Å². The predicted molar refractivity (Wildman–Crippen MR) is 138 cm³/mol. The molecule has 0 aliphatic carbocycles. The number of hydrogen-bond donors (Lipinski definition) is 1. The molecule has 0 saturated carbocycles. The van der Waals surface area contributed by atoms with Gasteiger partial charge in [-0.15, -0.1) is 0 Å². The lowest BCUT2D eigenvalue weighted by Gasteiger charge is -2.21. The number of nitrogens with zero attached hydrogens (tertiary/aromatic N) is 2. The minimum atomic E-state index is -3.92. The number of amides is 1. The third kappa shape index (κ3) is 7.38. The number of rotatable bonds is 11. The van der Waals surface area contributed by atoms with Crippen molar-refractivity contribution in [2.24, 2.45) is 5.10 Å². The van der Waals surface area contributed by atoms with Crippen molar-refractivity contribution in [2.75, 3.05) is 27.3 Å². The summed E-state index contributed by atoms with van der Waals surface area (Å²) in [4.78, 5) is 12.8. The van der Waals surface area contributed by atoms with Gasteiger partial charge in [0.2, 0.25) is 10.0 Å². The summed E-state index contributed by atoms with van der Waals surface area (Å²) in [6.07, 6.45) is 1.87. The smallest absolute Gasteiger partial charge is 0.255 e. The Morgan fingerprint density at radius 1 is 1.03 bits per heavy atom. The van der Waals surface area contributed by atoms with Crippen molar-refractivity contribution in [1.82, 2.24) is 9.73 Å². The van der Waals surface area contributed by atoms with E-state index in [1.54, 1.807) is 37.4 Å². The highest BCUT2D eigenvalue weighted by Gasteiger charge is 2.26. The van der Waals surface area contributed by atoms with Gasteiger partial charge in [0, 0.05) is 16.6 Å². The van der Waals surface area contributed by atoms with Crippen LogP contribution in [0.15, 0.2) is 87.3 Å². The molecule has 1 amide bonds. The number of halogens is 1. The van der Waals surface area contributed by atoms with E-state index >= 15 is 0 Å². The standard InChI is InChI=1S/C25H26BrN3O5S/c1-33-22-10-13-24(34-2)20(16-22)17-27-28-25(30)18-29(15-14-19-6-4-3-5-7-19)35(31,32)23-11-8-21(26)9-12-23/h3-13,16-17H,14-15,18H2,1-2H3,(H,28,30)/b27-17-. The second-order valence-corrected chi connectivity index (χ2v) is 10.3. The number of benzene rings is 3. The fourth-order valence-electron chi connectivity index (χ4n) is 3.25. The average molecular weight is 560 g/mol. The molecule has 0 aliphatic heterocycles. The van der Waals surface area contributed by atoms with E-state index in [4.69, 9.17) is 9.47 Å². The number of carbonyl (C=O) groups is 1. The van der Waals surface area contributed by atoms with Gasteiger partial charge in [0.1, 0.15) is 11.5 Å². The highest BCUT2D eigenvalue weighted by atomic mass is 79.9. The molecule has 184 valence electrons. The molecular weight excluding hydrogens is 534 g/mol. The topological polar surface area (TPSA) is 97.3 Å². The molecule has 35 heavy (non-hydrogen) atoms. The molecule has 0 saturated heterocycles. The Labute approximate surface area is 213 Å². The summed E-state index contributed by atoms with van der Waals surface area (Å²) < 4.78 is 39.0. The quantitative estimate of drug-likeness (QED) is 0.284. The first-order chi connectivity index (χ1) is 16.8. The second-order valence-electron chi connectivity index (χ2n) is 7.43. The van der Waals surface area contributed by atoms with Crippen LogP contribution in [0.25, 0.3) is 0 Å². The monoisotopic (exact) mass is 559 g/mol. The normalized spacial score (nSPS) is 11.5. The first kappa shape index (κ1) is 26.4. The molecule has 10 heteroatoms. The van der Waals surface area contributed by atoms with Gasteiger partial charge in [0.15, 0.2) is 0 Å². The third-order valence-corrected chi connectivity index (χ3v) is 7.48. The molecule has 3 rings (SSSR count). The molecule has 0 atom stereocenters. The molecule has 3 aromatic rings. The SMILES string of the molecule is COc1ccc(OC)c(/C=N\NC(=O)CN(CCc2ccccc2)S(=O)(=O)c2ccc(Br)cc2)c1. The number of carbonyl (C=O) groups excluding carboxylic acids is 1. The highest BCUT2D eigenvalue weighted by Crippen LogP contribution is 2.22. The zero-order chi connectivity index (χ0) is 25.3. The van der Waals surface area contributed by atoms with E-state index in [2.05, 4.69) is 26.5 Å². The number of hydrazone groups is 1. The molecule has 0 unspecified atom stereocenters. The van der Waals surface area contributed by atoms with Gasteiger partial charge in [-0.3, -0.25) is 4.79 Å². The van der Waals surface area contributed by atoms with Crippen LogP contribution in [0.5, 0.6) is 11.5 Å². The predicted octanol–water partition coefficient (Wildman–Crippen LogP) is 3.85. The zero-order valence-corrected chi connectivity index (χ0v) is 21.8. The molecule has 0 spiro atoms. The van der Waals surface area contributed by atoms with Crippen LogP contribution in [0.1, 0.15) is 11.1 Å². The summed E-state index contributed by atoms with van der Waals surface area (Å²) in [6.45, 7) is -0.263. The Morgan fingerprint density at radius 2 is 1.74 bits per heavy atom. The first-order valence-corrected chi connectivity index (χ1v) is 12.9. The summed E-state index contributed by atoms with van der Waals surface area (Å²) in [5.41, 5.74) is 3.96. The van der Waals surface area contributed by atoms with Crippen molar-refractivity contribution < 1.29 is 22.7 Å². The number of sulfonamides is 1. The molecule has 0 aromatic heterocycles. The Balaban J connectivity index is 1.75. The van der Waals surface area contributed by atoms with Crippen LogP contribution >= 0.6 is 15.9 Å². The van der Waals surface area contributed by atoms with Gasteiger partial charge < -0.3 is 9.47 Å². The van der Waals surface area contributed by atoms with Crippen LogP contribution in [0.2, 0.25) is 0 Å². The van der Waals surface area contributed by atoms with Gasteiger partial charge >= 0.3 is 0 Å². The Bertz CT molecular complexity index is 1270. The lowest BCUT2D eigenvalue weighted by Crippen LogP contribution is -2.40. The molecule has 0 aliphatic rings. The molecule has 0 radical (unpaired) electrons. The summed E-state index contributed by atoms with van der Waals surface area (Å²) in [5, 5.41) is 3.98. The maximum absolute atomic E-state index is 13.3. The molecule has 0 heterocycles. The van der Waals surface area contributed by atoms with Gasteiger partial charge in [-0.05, 0) is 54.4 Å². The molecule has 3 aromatic carbocycles. The maximum Gasteiger partial charge on any atom is 0.255 e. The highest BCUT2D eigenvalue weighted by molar-refractivity contribution is 9.10. The van der Waals surface area contributed by atoms with Crippen LogP contribution < -0.4 is 14.9 Å². The van der Waals surface area contributed by atoms with Crippen molar-refractivity contribution in [1.29, 1.82) is 0 Å². The summed E-state index contributed by atoms with van der Waals surface area (Å²) >= 11 is 3.31. The van der Waals surface area contributed by atoms with E-state index < -0.39 is 22.5 Å². The van der Waals surface area contributed by atoms with Crippen LogP contribution in [-0.2, 0) is 21.2 Å². The molecule has 0 bridgehead atoms. The zero-order valence-electron chi connectivity index (χ0n) is 19.3.